The lowest BCUT2D eigenvalue weighted by atomic mass is 10.0. The van der Waals surface area contributed by atoms with E-state index in [4.69, 9.17) is 0 Å². The fraction of sp³-hybridized carbons (Fsp3) is 0.400. The van der Waals surface area contributed by atoms with E-state index in [0.29, 0.717) is 11.4 Å². The zero-order valence-corrected chi connectivity index (χ0v) is 13.6. The first-order valence-corrected chi connectivity index (χ1v) is 7.09. The minimum Gasteiger partial charge on any atom is -0.337 e. The second kappa shape index (κ2) is 6.14. The van der Waals surface area contributed by atoms with Crippen LogP contribution in [0.1, 0.15) is 39.0 Å². The van der Waals surface area contributed by atoms with Crippen molar-refractivity contribution in [3.8, 4) is 0 Å². The molecule has 0 fully saturated rings. The number of carbonyl (C=O) groups is 1. The molecule has 2 aromatic heterocycles. The van der Waals surface area contributed by atoms with Crippen molar-refractivity contribution in [1.29, 1.82) is 0 Å². The quantitative estimate of drug-likeness (QED) is 0.896. The van der Waals surface area contributed by atoms with Gasteiger partial charge in [0.1, 0.15) is 0 Å². The third-order valence-electron chi connectivity index (χ3n) is 3.70. The SMILES string of the molecule is Cc1cc(C(=O)NC(c2c(C)nn(C)c2C)C(F)(F)F)cc(=O)[nH]1. The van der Waals surface area contributed by atoms with Crippen LogP contribution < -0.4 is 10.9 Å². The van der Waals surface area contributed by atoms with Crippen molar-refractivity contribution in [2.45, 2.75) is 33.0 Å². The predicted molar refractivity (Wildman–Crippen MR) is 80.7 cm³/mol. The molecule has 0 saturated heterocycles. The van der Waals surface area contributed by atoms with E-state index in [9.17, 15) is 22.8 Å². The molecule has 2 aromatic rings. The Kier molecular flexibility index (Phi) is 4.54. The number of nitrogens with one attached hydrogen (secondary N) is 2. The summed E-state index contributed by atoms with van der Waals surface area (Å²) < 4.78 is 41.8. The van der Waals surface area contributed by atoms with Gasteiger partial charge in [0.05, 0.1) is 5.69 Å². The predicted octanol–water partition coefficient (Wildman–Crippen LogP) is 2.07. The third-order valence-corrected chi connectivity index (χ3v) is 3.70. The molecule has 0 aromatic carbocycles. The molecule has 6 nitrogen and oxygen atoms in total. The molecule has 1 unspecified atom stereocenters. The van der Waals surface area contributed by atoms with Crippen molar-refractivity contribution in [2.24, 2.45) is 7.05 Å². The van der Waals surface area contributed by atoms with Gasteiger partial charge in [0, 0.05) is 35.6 Å². The van der Waals surface area contributed by atoms with Crippen LogP contribution >= 0.6 is 0 Å². The number of hydrogen-bond acceptors (Lipinski definition) is 3. The molecule has 2 heterocycles. The first kappa shape index (κ1) is 17.8. The number of aryl methyl sites for hydroxylation is 3. The van der Waals surface area contributed by atoms with Gasteiger partial charge in [-0.1, -0.05) is 0 Å². The van der Waals surface area contributed by atoms with Gasteiger partial charge >= 0.3 is 6.18 Å². The topological polar surface area (TPSA) is 79.8 Å². The van der Waals surface area contributed by atoms with E-state index >= 15 is 0 Å². The Hall–Kier alpha value is -2.58. The highest BCUT2D eigenvalue weighted by Crippen LogP contribution is 2.35. The number of alkyl halides is 3. The summed E-state index contributed by atoms with van der Waals surface area (Å²) in [7, 11) is 1.53. The Morgan fingerprint density at radius 1 is 1.29 bits per heavy atom. The van der Waals surface area contributed by atoms with Gasteiger partial charge in [-0.15, -0.1) is 0 Å². The molecular weight excluding hydrogens is 325 g/mol. The molecular formula is C15H17F3N4O2. The van der Waals surface area contributed by atoms with Crippen LogP contribution in [0.4, 0.5) is 13.2 Å². The average molecular weight is 342 g/mol. The maximum atomic E-state index is 13.5. The molecule has 0 radical (unpaired) electrons. The summed E-state index contributed by atoms with van der Waals surface area (Å²) in [6, 6.07) is 0.0598. The number of halogens is 3. The molecule has 0 saturated carbocycles. The summed E-state index contributed by atoms with van der Waals surface area (Å²) in [6.45, 7) is 4.48. The summed E-state index contributed by atoms with van der Waals surface area (Å²) in [4.78, 5) is 26.1. The van der Waals surface area contributed by atoms with E-state index in [2.05, 4.69) is 10.1 Å². The smallest absolute Gasteiger partial charge is 0.337 e. The zero-order valence-electron chi connectivity index (χ0n) is 13.6. The van der Waals surface area contributed by atoms with E-state index in [1.165, 1.54) is 38.6 Å². The monoisotopic (exact) mass is 342 g/mol. The van der Waals surface area contributed by atoms with E-state index in [1.807, 2.05) is 5.32 Å². The van der Waals surface area contributed by atoms with Crippen molar-refractivity contribution < 1.29 is 18.0 Å². The molecule has 0 aliphatic carbocycles. The van der Waals surface area contributed by atoms with Crippen molar-refractivity contribution in [1.82, 2.24) is 20.1 Å². The van der Waals surface area contributed by atoms with E-state index in [1.54, 1.807) is 0 Å². The van der Waals surface area contributed by atoms with E-state index in [0.717, 1.165) is 6.07 Å². The standard InChI is InChI=1S/C15H17F3N4O2/c1-7-5-10(6-11(23)19-7)14(24)20-13(15(16,17)18)12-8(2)21-22(4)9(12)3/h5-6,13H,1-4H3,(H,19,23)(H,20,24). The van der Waals surface area contributed by atoms with Gasteiger partial charge in [0.15, 0.2) is 6.04 Å². The highest BCUT2D eigenvalue weighted by Gasteiger charge is 2.44. The largest absolute Gasteiger partial charge is 0.413 e. The lowest BCUT2D eigenvalue weighted by Gasteiger charge is -2.22. The van der Waals surface area contributed by atoms with Crippen LogP contribution in [0.5, 0.6) is 0 Å². The number of H-pyrrole nitrogens is 1. The summed E-state index contributed by atoms with van der Waals surface area (Å²) in [5.41, 5.74) is 0.0731. The minimum atomic E-state index is -4.70. The number of aromatic amines is 1. The molecule has 0 aliphatic heterocycles. The van der Waals surface area contributed by atoms with Gasteiger partial charge < -0.3 is 10.3 Å². The second-order valence-corrected chi connectivity index (χ2v) is 5.57. The Labute approximate surface area is 135 Å². The van der Waals surface area contributed by atoms with Crippen molar-refractivity contribution >= 4 is 5.91 Å². The summed E-state index contributed by atoms with van der Waals surface area (Å²) >= 11 is 0. The Morgan fingerprint density at radius 3 is 2.38 bits per heavy atom. The summed E-state index contributed by atoms with van der Waals surface area (Å²) in [5.74, 6) is -0.978. The maximum absolute atomic E-state index is 13.5. The highest BCUT2D eigenvalue weighted by molar-refractivity contribution is 5.94. The second-order valence-electron chi connectivity index (χ2n) is 5.57. The molecule has 2 N–H and O–H groups in total. The first-order chi connectivity index (χ1) is 11.0. The van der Waals surface area contributed by atoms with Gasteiger partial charge in [-0.3, -0.25) is 14.3 Å². The van der Waals surface area contributed by atoms with Gasteiger partial charge in [0.25, 0.3) is 5.91 Å². The van der Waals surface area contributed by atoms with Crippen LogP contribution in [-0.4, -0.2) is 26.8 Å². The number of hydrogen-bond donors (Lipinski definition) is 2. The normalized spacial score (nSPS) is 13.0. The Balaban J connectivity index is 2.44. The summed E-state index contributed by atoms with van der Waals surface area (Å²) in [5, 5.41) is 5.93. The Bertz CT molecular complexity index is 836. The van der Waals surface area contributed by atoms with Crippen LogP contribution in [0.25, 0.3) is 0 Å². The van der Waals surface area contributed by atoms with Gasteiger partial charge in [-0.25, -0.2) is 0 Å². The number of nitrogens with zero attached hydrogens (tertiary/aromatic N) is 2. The number of carbonyl (C=O) groups excluding carboxylic acids is 1. The fourth-order valence-electron chi connectivity index (χ4n) is 2.55. The van der Waals surface area contributed by atoms with Gasteiger partial charge in [-0.2, -0.15) is 18.3 Å². The van der Waals surface area contributed by atoms with Gasteiger partial charge in [0.2, 0.25) is 5.56 Å². The molecule has 2 rings (SSSR count). The lowest BCUT2D eigenvalue weighted by molar-refractivity contribution is -0.155. The molecule has 1 atom stereocenters. The molecule has 24 heavy (non-hydrogen) atoms. The molecule has 9 heteroatoms. The molecule has 130 valence electrons. The molecule has 0 bridgehead atoms. The van der Waals surface area contributed by atoms with Crippen molar-refractivity contribution in [2.75, 3.05) is 0 Å². The lowest BCUT2D eigenvalue weighted by Crippen LogP contribution is -2.39. The zero-order chi connectivity index (χ0) is 18.2. The van der Waals surface area contributed by atoms with E-state index < -0.39 is 23.7 Å². The van der Waals surface area contributed by atoms with Crippen LogP contribution in [0.2, 0.25) is 0 Å². The van der Waals surface area contributed by atoms with Crippen LogP contribution in [0.15, 0.2) is 16.9 Å². The molecule has 0 aliphatic rings. The summed E-state index contributed by atoms with van der Waals surface area (Å²) in [6.07, 6.45) is -4.70. The van der Waals surface area contributed by atoms with Gasteiger partial charge in [-0.05, 0) is 26.8 Å². The average Bonchev–Trinajstić information content (AvgIpc) is 2.67. The number of aromatic nitrogens is 3. The number of pyridine rings is 1. The highest BCUT2D eigenvalue weighted by atomic mass is 19.4. The van der Waals surface area contributed by atoms with E-state index in [-0.39, 0.29) is 16.8 Å². The fourth-order valence-corrected chi connectivity index (χ4v) is 2.55. The number of rotatable bonds is 3. The van der Waals surface area contributed by atoms with Crippen LogP contribution in [0, 0.1) is 20.8 Å². The Morgan fingerprint density at radius 2 is 1.92 bits per heavy atom. The first-order valence-electron chi connectivity index (χ1n) is 7.09. The minimum absolute atomic E-state index is 0.0973. The molecule has 0 spiro atoms. The van der Waals surface area contributed by atoms with Crippen molar-refractivity contribution in [3.05, 3.63) is 50.7 Å². The third kappa shape index (κ3) is 3.50. The van der Waals surface area contributed by atoms with Crippen molar-refractivity contribution in [3.63, 3.8) is 0 Å². The number of amides is 1. The van der Waals surface area contributed by atoms with Crippen LogP contribution in [-0.2, 0) is 7.05 Å². The maximum Gasteiger partial charge on any atom is 0.413 e. The van der Waals surface area contributed by atoms with Crippen LogP contribution in [0.3, 0.4) is 0 Å². The molecule has 1 amide bonds.